The fourth-order valence-electron chi connectivity index (χ4n) is 1.11. The van der Waals surface area contributed by atoms with Crippen molar-refractivity contribution < 1.29 is 0 Å². The molecule has 0 amide bonds. The van der Waals surface area contributed by atoms with Gasteiger partial charge in [-0.1, -0.05) is 22.5 Å². The molecule has 0 spiro atoms. The van der Waals surface area contributed by atoms with Gasteiger partial charge in [-0.2, -0.15) is 5.26 Å². The van der Waals surface area contributed by atoms with Gasteiger partial charge in [-0.25, -0.2) is 0 Å². The minimum Gasteiger partial charge on any atom is -0.309 e. The van der Waals surface area contributed by atoms with Gasteiger partial charge in [0.1, 0.15) is 11.6 Å². The summed E-state index contributed by atoms with van der Waals surface area (Å²) in [7, 11) is 0. The summed E-state index contributed by atoms with van der Waals surface area (Å²) in [6.45, 7) is 5.77. The van der Waals surface area contributed by atoms with Crippen molar-refractivity contribution in [3.05, 3.63) is 44.8 Å². The zero-order valence-electron chi connectivity index (χ0n) is 7.75. The van der Waals surface area contributed by atoms with E-state index in [9.17, 15) is 4.79 Å². The van der Waals surface area contributed by atoms with E-state index in [0.717, 1.165) is 0 Å². The molecular weight excluding hydrogens is 244 g/mol. The topological polar surface area (TPSA) is 45.8 Å². The molecule has 0 bridgehead atoms. The number of aromatic nitrogens is 1. The summed E-state index contributed by atoms with van der Waals surface area (Å²) >= 11 is 3.17. The largest absolute Gasteiger partial charge is 0.309 e. The number of halogens is 1. The first kappa shape index (κ1) is 10.7. The predicted octanol–water partition coefficient (Wildman–Crippen LogP) is 1.94. The summed E-state index contributed by atoms with van der Waals surface area (Å²) in [6.07, 6.45) is 1.66. The fraction of sp³-hybridized carbons (Fsp3) is 0.200. The molecule has 4 heteroatoms. The Balaban J connectivity index is 3.31. The molecule has 0 aromatic carbocycles. The molecule has 3 nitrogen and oxygen atoms in total. The molecule has 14 heavy (non-hydrogen) atoms. The van der Waals surface area contributed by atoms with Crippen LogP contribution in [0.25, 0.3) is 0 Å². The van der Waals surface area contributed by atoms with Gasteiger partial charge in [-0.05, 0) is 18.6 Å². The number of hydrogen-bond acceptors (Lipinski definition) is 2. The molecule has 0 aliphatic carbocycles. The van der Waals surface area contributed by atoms with E-state index in [0.29, 0.717) is 16.6 Å². The summed E-state index contributed by atoms with van der Waals surface area (Å²) in [5.74, 6) is 0. The van der Waals surface area contributed by atoms with Gasteiger partial charge in [0.25, 0.3) is 5.56 Å². The summed E-state index contributed by atoms with van der Waals surface area (Å²) < 4.78 is 2.15. The molecule has 1 heterocycles. The number of allylic oxidation sites excluding steroid dienone is 1. The van der Waals surface area contributed by atoms with E-state index in [2.05, 4.69) is 22.5 Å². The summed E-state index contributed by atoms with van der Waals surface area (Å²) in [5.41, 5.74) is 0.628. The average molecular weight is 253 g/mol. The second-order valence-corrected chi connectivity index (χ2v) is 4.06. The molecule has 0 saturated carbocycles. The van der Waals surface area contributed by atoms with Gasteiger partial charge in [-0.3, -0.25) is 4.79 Å². The molecule has 1 rings (SSSR count). The molecule has 0 aliphatic rings. The Labute approximate surface area is 90.4 Å². The third-order valence-electron chi connectivity index (χ3n) is 1.83. The third kappa shape index (κ3) is 2.12. The standard InChI is InChI=1S/C10H9BrN2O/c1-7-3-4-13(6-8(2)11)10(14)9(7)5-12/h3-4H,2,6H2,1H3. The number of rotatable bonds is 2. The van der Waals surface area contributed by atoms with E-state index in [1.165, 1.54) is 4.57 Å². The Morgan fingerprint density at radius 3 is 2.93 bits per heavy atom. The van der Waals surface area contributed by atoms with Gasteiger partial charge in [0, 0.05) is 10.7 Å². The minimum absolute atomic E-state index is 0.196. The van der Waals surface area contributed by atoms with Gasteiger partial charge in [-0.15, -0.1) is 0 Å². The Morgan fingerprint density at radius 2 is 2.43 bits per heavy atom. The quantitative estimate of drug-likeness (QED) is 0.808. The van der Waals surface area contributed by atoms with Crippen LogP contribution in [0.15, 0.2) is 28.1 Å². The van der Waals surface area contributed by atoms with Gasteiger partial charge in [0.2, 0.25) is 0 Å². The Kier molecular flexibility index (Phi) is 3.26. The van der Waals surface area contributed by atoms with Crippen LogP contribution in [0.1, 0.15) is 11.1 Å². The summed E-state index contributed by atoms with van der Waals surface area (Å²) in [5, 5.41) is 8.76. The van der Waals surface area contributed by atoms with Crippen molar-refractivity contribution in [3.8, 4) is 6.07 Å². The fourth-order valence-corrected chi connectivity index (χ4v) is 1.38. The molecule has 0 radical (unpaired) electrons. The van der Waals surface area contributed by atoms with Crippen molar-refractivity contribution in [2.24, 2.45) is 0 Å². The van der Waals surface area contributed by atoms with Crippen molar-refractivity contribution in [1.82, 2.24) is 4.57 Å². The third-order valence-corrected chi connectivity index (χ3v) is 2.08. The lowest BCUT2D eigenvalue weighted by Crippen LogP contribution is -2.22. The SMILES string of the molecule is C=C(Br)Cn1ccc(C)c(C#N)c1=O. The van der Waals surface area contributed by atoms with Crippen molar-refractivity contribution >= 4 is 15.9 Å². The minimum atomic E-state index is -0.270. The maximum absolute atomic E-state index is 11.6. The molecule has 0 N–H and O–H groups in total. The van der Waals surface area contributed by atoms with Crippen molar-refractivity contribution in [3.63, 3.8) is 0 Å². The van der Waals surface area contributed by atoms with Crippen molar-refractivity contribution in [2.45, 2.75) is 13.5 Å². The number of hydrogen-bond donors (Lipinski definition) is 0. The predicted molar refractivity (Wildman–Crippen MR) is 58.2 cm³/mol. The molecule has 1 aromatic heterocycles. The van der Waals surface area contributed by atoms with E-state index in [1.54, 1.807) is 19.2 Å². The van der Waals surface area contributed by atoms with Crippen molar-refractivity contribution in [1.29, 1.82) is 5.26 Å². The smallest absolute Gasteiger partial charge is 0.269 e. The second kappa shape index (κ2) is 4.25. The Morgan fingerprint density at radius 1 is 1.79 bits per heavy atom. The lowest BCUT2D eigenvalue weighted by Gasteiger charge is -2.05. The van der Waals surface area contributed by atoms with Gasteiger partial charge < -0.3 is 4.57 Å². The van der Waals surface area contributed by atoms with Crippen LogP contribution >= 0.6 is 15.9 Å². The number of aryl methyl sites for hydroxylation is 1. The van der Waals surface area contributed by atoms with Gasteiger partial charge in [0.05, 0.1) is 6.54 Å². The molecule has 0 fully saturated rings. The summed E-state index contributed by atoms with van der Waals surface area (Å²) in [4.78, 5) is 11.6. The highest BCUT2D eigenvalue weighted by atomic mass is 79.9. The van der Waals surface area contributed by atoms with Crippen LogP contribution in [-0.4, -0.2) is 4.57 Å². The molecule has 0 unspecified atom stereocenters. The Bertz CT molecular complexity index is 468. The highest BCUT2D eigenvalue weighted by molar-refractivity contribution is 9.11. The first-order valence-corrected chi connectivity index (χ1v) is 4.79. The van der Waals surface area contributed by atoms with E-state index < -0.39 is 0 Å². The van der Waals surface area contributed by atoms with E-state index in [1.807, 2.05) is 6.07 Å². The highest BCUT2D eigenvalue weighted by Gasteiger charge is 2.05. The number of nitriles is 1. The zero-order valence-corrected chi connectivity index (χ0v) is 9.34. The molecule has 1 aromatic rings. The molecule has 0 aliphatic heterocycles. The maximum atomic E-state index is 11.6. The first-order valence-electron chi connectivity index (χ1n) is 3.99. The second-order valence-electron chi connectivity index (χ2n) is 2.94. The van der Waals surface area contributed by atoms with E-state index in [-0.39, 0.29) is 11.1 Å². The first-order chi connectivity index (χ1) is 6.56. The van der Waals surface area contributed by atoms with Gasteiger partial charge >= 0.3 is 0 Å². The van der Waals surface area contributed by atoms with Crippen LogP contribution in [-0.2, 0) is 6.54 Å². The molecule has 0 atom stereocenters. The monoisotopic (exact) mass is 252 g/mol. The van der Waals surface area contributed by atoms with E-state index >= 15 is 0 Å². The van der Waals surface area contributed by atoms with Crippen LogP contribution in [0.2, 0.25) is 0 Å². The zero-order chi connectivity index (χ0) is 10.7. The Hall–Kier alpha value is -1.34. The van der Waals surface area contributed by atoms with Crippen LogP contribution in [0, 0.1) is 18.3 Å². The highest BCUT2D eigenvalue weighted by Crippen LogP contribution is 2.05. The molecule has 0 saturated heterocycles. The lowest BCUT2D eigenvalue weighted by molar-refractivity contribution is 0.769. The molecule has 72 valence electrons. The van der Waals surface area contributed by atoms with Crippen LogP contribution in [0.4, 0.5) is 0 Å². The van der Waals surface area contributed by atoms with Crippen LogP contribution < -0.4 is 5.56 Å². The molecular formula is C10H9BrN2O. The lowest BCUT2D eigenvalue weighted by atomic mass is 10.2. The maximum Gasteiger partial charge on any atom is 0.269 e. The van der Waals surface area contributed by atoms with Crippen LogP contribution in [0.3, 0.4) is 0 Å². The average Bonchev–Trinajstić information content (AvgIpc) is 2.10. The normalized spacial score (nSPS) is 9.50. The van der Waals surface area contributed by atoms with Crippen molar-refractivity contribution in [2.75, 3.05) is 0 Å². The van der Waals surface area contributed by atoms with Crippen LogP contribution in [0.5, 0.6) is 0 Å². The summed E-state index contributed by atoms with van der Waals surface area (Å²) in [6, 6.07) is 3.64. The number of pyridine rings is 1. The number of nitrogens with zero attached hydrogens (tertiary/aromatic N) is 2. The van der Waals surface area contributed by atoms with Gasteiger partial charge in [0.15, 0.2) is 0 Å². The van der Waals surface area contributed by atoms with E-state index in [4.69, 9.17) is 5.26 Å².